The second kappa shape index (κ2) is 9.72. The van der Waals surface area contributed by atoms with Crippen LogP contribution in [0.3, 0.4) is 0 Å². The van der Waals surface area contributed by atoms with Gasteiger partial charge in [0.05, 0.1) is 11.2 Å². The third-order valence-corrected chi connectivity index (χ3v) is 2.87. The Morgan fingerprint density at radius 2 is 1.20 bits per heavy atom. The Bertz CT molecular complexity index is 217. The van der Waals surface area contributed by atoms with Crippen molar-refractivity contribution >= 4 is 0 Å². The summed E-state index contributed by atoms with van der Waals surface area (Å²) in [4.78, 5) is 21.7. The smallest absolute Gasteiger partial charge is 0.227 e. The summed E-state index contributed by atoms with van der Waals surface area (Å²) in [5.41, 5.74) is -0.645. The van der Waals surface area contributed by atoms with E-state index in [4.69, 9.17) is 19.6 Å². The Labute approximate surface area is 125 Å². The molecule has 0 fully saturated rings. The average molecular weight is 289 g/mol. The van der Waals surface area contributed by atoms with Crippen molar-refractivity contribution in [2.24, 2.45) is 0 Å². The van der Waals surface area contributed by atoms with Crippen LogP contribution in [0.4, 0.5) is 0 Å². The summed E-state index contributed by atoms with van der Waals surface area (Å²) in [5.74, 6) is 0. The lowest BCUT2D eigenvalue weighted by atomic mass is 10.0. The van der Waals surface area contributed by atoms with E-state index >= 15 is 0 Å². The van der Waals surface area contributed by atoms with Crippen LogP contribution >= 0.6 is 0 Å². The molecule has 0 aliphatic carbocycles. The SMILES string of the molecule is CC[CH]C(OOC(C)(C)CCC)OOC(C)(C)CCC. The van der Waals surface area contributed by atoms with Gasteiger partial charge in [0, 0.05) is 6.42 Å². The molecule has 121 valence electrons. The molecule has 0 aliphatic rings. The molecule has 4 heteroatoms. The molecule has 0 amide bonds. The molecule has 0 saturated heterocycles. The van der Waals surface area contributed by atoms with Crippen LogP contribution in [-0.2, 0) is 19.6 Å². The lowest BCUT2D eigenvalue weighted by Crippen LogP contribution is -2.32. The van der Waals surface area contributed by atoms with Gasteiger partial charge in [-0.05, 0) is 47.0 Å². The minimum Gasteiger partial charge on any atom is -0.228 e. The molecule has 4 nitrogen and oxygen atoms in total. The second-order valence-electron chi connectivity index (χ2n) is 6.39. The predicted molar refractivity (Wildman–Crippen MR) is 80.7 cm³/mol. The number of rotatable bonds is 12. The third-order valence-electron chi connectivity index (χ3n) is 2.87. The normalized spacial score (nSPS) is 13.2. The van der Waals surface area contributed by atoms with Gasteiger partial charge in [-0.25, -0.2) is 19.6 Å². The van der Waals surface area contributed by atoms with Crippen LogP contribution in [0.5, 0.6) is 0 Å². The van der Waals surface area contributed by atoms with E-state index in [9.17, 15) is 0 Å². The highest BCUT2D eigenvalue weighted by atomic mass is 17.3. The van der Waals surface area contributed by atoms with Gasteiger partial charge in [0.15, 0.2) is 0 Å². The zero-order chi connectivity index (χ0) is 15.6. The maximum absolute atomic E-state index is 5.47. The quantitative estimate of drug-likeness (QED) is 0.288. The van der Waals surface area contributed by atoms with Crippen LogP contribution in [0.1, 0.15) is 80.6 Å². The minimum absolute atomic E-state index is 0.323. The Hall–Kier alpha value is -0.160. The summed E-state index contributed by atoms with van der Waals surface area (Å²) in [6, 6.07) is 0. The summed E-state index contributed by atoms with van der Waals surface area (Å²) in [5, 5.41) is 0. The predicted octanol–water partition coefficient (Wildman–Crippen LogP) is 4.98. The van der Waals surface area contributed by atoms with E-state index in [1.165, 1.54) is 0 Å². The lowest BCUT2D eigenvalue weighted by Gasteiger charge is -2.28. The first-order valence-corrected chi connectivity index (χ1v) is 7.78. The van der Waals surface area contributed by atoms with E-state index in [1.54, 1.807) is 0 Å². The molecule has 0 saturated carbocycles. The molecule has 0 bridgehead atoms. The highest BCUT2D eigenvalue weighted by Gasteiger charge is 2.25. The largest absolute Gasteiger partial charge is 0.228 e. The van der Waals surface area contributed by atoms with Gasteiger partial charge in [0.2, 0.25) is 6.29 Å². The van der Waals surface area contributed by atoms with Crippen molar-refractivity contribution in [1.29, 1.82) is 0 Å². The first kappa shape index (κ1) is 19.8. The highest BCUT2D eigenvalue weighted by Crippen LogP contribution is 2.21. The first-order chi connectivity index (χ1) is 9.26. The lowest BCUT2D eigenvalue weighted by molar-refractivity contribution is -0.492. The van der Waals surface area contributed by atoms with Gasteiger partial charge < -0.3 is 0 Å². The van der Waals surface area contributed by atoms with Crippen molar-refractivity contribution in [2.45, 2.75) is 98.1 Å². The summed E-state index contributed by atoms with van der Waals surface area (Å²) in [6.07, 6.45) is 6.03. The van der Waals surface area contributed by atoms with Crippen molar-refractivity contribution < 1.29 is 19.6 Å². The van der Waals surface area contributed by atoms with E-state index < -0.39 is 6.29 Å². The molecular weight excluding hydrogens is 256 g/mol. The van der Waals surface area contributed by atoms with Gasteiger partial charge in [-0.15, -0.1) is 0 Å². The minimum atomic E-state index is -0.604. The standard InChI is InChI=1S/C16H33O4/c1-8-11-14(17-19-15(4,5)12-9-2)18-20-16(6,7)13-10-3/h11,14H,8-10,12-13H2,1-7H3. The summed E-state index contributed by atoms with van der Waals surface area (Å²) >= 11 is 0. The van der Waals surface area contributed by atoms with Gasteiger partial charge in [-0.1, -0.05) is 33.6 Å². The zero-order valence-corrected chi connectivity index (χ0v) is 14.3. The van der Waals surface area contributed by atoms with Gasteiger partial charge >= 0.3 is 0 Å². The molecule has 0 heterocycles. The molecule has 0 unspecified atom stereocenters. The maximum atomic E-state index is 5.47. The van der Waals surface area contributed by atoms with Crippen LogP contribution in [0.2, 0.25) is 0 Å². The molecule has 0 atom stereocenters. The van der Waals surface area contributed by atoms with Crippen LogP contribution in [0, 0.1) is 6.42 Å². The van der Waals surface area contributed by atoms with Gasteiger partial charge in [-0.2, -0.15) is 0 Å². The fraction of sp³-hybridized carbons (Fsp3) is 0.938. The zero-order valence-electron chi connectivity index (χ0n) is 14.3. The van der Waals surface area contributed by atoms with E-state index in [0.29, 0.717) is 0 Å². The van der Waals surface area contributed by atoms with Crippen LogP contribution in [0.15, 0.2) is 0 Å². The fourth-order valence-electron chi connectivity index (χ4n) is 1.93. The van der Waals surface area contributed by atoms with Crippen LogP contribution < -0.4 is 0 Å². The molecule has 0 aromatic heterocycles. The number of hydrogen-bond acceptors (Lipinski definition) is 4. The van der Waals surface area contributed by atoms with Crippen molar-refractivity contribution in [2.75, 3.05) is 0 Å². The molecular formula is C16H33O4. The summed E-state index contributed by atoms with van der Waals surface area (Å²) in [6.45, 7) is 14.3. The van der Waals surface area contributed by atoms with Crippen molar-refractivity contribution in [3.63, 3.8) is 0 Å². The van der Waals surface area contributed by atoms with E-state index in [-0.39, 0.29) is 11.2 Å². The van der Waals surface area contributed by atoms with E-state index in [1.807, 2.05) is 41.0 Å². The first-order valence-electron chi connectivity index (χ1n) is 7.78. The second-order valence-corrected chi connectivity index (χ2v) is 6.39. The monoisotopic (exact) mass is 289 g/mol. The fourth-order valence-corrected chi connectivity index (χ4v) is 1.93. The molecule has 0 N–H and O–H groups in total. The van der Waals surface area contributed by atoms with Gasteiger partial charge in [-0.3, -0.25) is 0 Å². The third kappa shape index (κ3) is 9.70. The molecule has 0 rings (SSSR count). The summed E-state index contributed by atoms with van der Waals surface area (Å²) in [7, 11) is 0. The molecule has 1 radical (unpaired) electrons. The van der Waals surface area contributed by atoms with Gasteiger partial charge in [0.25, 0.3) is 0 Å². The number of hydrogen-bond donors (Lipinski definition) is 0. The topological polar surface area (TPSA) is 36.9 Å². The molecule has 0 aromatic rings. The molecule has 20 heavy (non-hydrogen) atoms. The maximum Gasteiger partial charge on any atom is 0.227 e. The Morgan fingerprint density at radius 1 is 0.800 bits per heavy atom. The Balaban J connectivity index is 4.22. The van der Waals surface area contributed by atoms with Crippen LogP contribution in [-0.4, -0.2) is 17.5 Å². The average Bonchev–Trinajstić information content (AvgIpc) is 2.32. The Kier molecular flexibility index (Phi) is 9.64. The van der Waals surface area contributed by atoms with Crippen molar-refractivity contribution in [3.05, 3.63) is 6.42 Å². The van der Waals surface area contributed by atoms with Crippen molar-refractivity contribution in [1.82, 2.24) is 0 Å². The summed E-state index contributed by atoms with van der Waals surface area (Å²) < 4.78 is 0. The van der Waals surface area contributed by atoms with Gasteiger partial charge in [0.1, 0.15) is 0 Å². The van der Waals surface area contributed by atoms with Crippen LogP contribution in [0.25, 0.3) is 0 Å². The van der Waals surface area contributed by atoms with E-state index in [0.717, 1.165) is 32.1 Å². The highest BCUT2D eigenvalue weighted by molar-refractivity contribution is 4.69. The van der Waals surface area contributed by atoms with E-state index in [2.05, 4.69) is 13.8 Å². The van der Waals surface area contributed by atoms with Crippen molar-refractivity contribution in [3.8, 4) is 0 Å². The molecule has 0 aromatic carbocycles. The Morgan fingerprint density at radius 3 is 1.50 bits per heavy atom. The molecule has 0 aliphatic heterocycles. The molecule has 0 spiro atoms.